The lowest BCUT2D eigenvalue weighted by Gasteiger charge is -2.32. The topological polar surface area (TPSA) is 21.3 Å². The van der Waals surface area contributed by atoms with Gasteiger partial charge >= 0.3 is 0 Å². The lowest BCUT2D eigenvalue weighted by molar-refractivity contribution is 0.0504. The highest BCUT2D eigenvalue weighted by molar-refractivity contribution is 5.13. The van der Waals surface area contributed by atoms with E-state index in [2.05, 4.69) is 18.2 Å². The van der Waals surface area contributed by atoms with E-state index in [9.17, 15) is 0 Å². The van der Waals surface area contributed by atoms with Crippen LogP contribution >= 0.6 is 0 Å². The van der Waals surface area contributed by atoms with Crippen LogP contribution in [0.25, 0.3) is 0 Å². The number of morpholine rings is 1. The summed E-state index contributed by atoms with van der Waals surface area (Å²) in [6, 6.07) is 0. The second kappa shape index (κ2) is 3.05. The van der Waals surface area contributed by atoms with Gasteiger partial charge in [-0.15, -0.1) is 6.42 Å². The fraction of sp³-hybridized carbons (Fsp3) is 0.750. The molecule has 1 aliphatic heterocycles. The molecule has 1 atom stereocenters. The van der Waals surface area contributed by atoms with Gasteiger partial charge in [-0.25, -0.2) is 0 Å². The molecule has 1 N–H and O–H groups in total. The molecule has 0 saturated carbocycles. The van der Waals surface area contributed by atoms with Gasteiger partial charge in [-0.05, 0) is 6.42 Å². The second-order valence-corrected chi connectivity index (χ2v) is 2.56. The van der Waals surface area contributed by atoms with E-state index in [0.29, 0.717) is 6.61 Å². The lowest BCUT2D eigenvalue weighted by Crippen LogP contribution is -2.52. The third kappa shape index (κ3) is 1.31. The highest BCUT2D eigenvalue weighted by Crippen LogP contribution is 2.11. The third-order valence-corrected chi connectivity index (χ3v) is 1.94. The molecule has 0 aromatic heterocycles. The van der Waals surface area contributed by atoms with Crippen molar-refractivity contribution in [2.45, 2.75) is 18.9 Å². The fourth-order valence-electron chi connectivity index (χ4n) is 1.08. The first-order chi connectivity index (χ1) is 4.83. The van der Waals surface area contributed by atoms with Crippen LogP contribution in [-0.4, -0.2) is 25.3 Å². The predicted molar refractivity (Wildman–Crippen MR) is 40.7 cm³/mol. The van der Waals surface area contributed by atoms with Crippen molar-refractivity contribution in [3.8, 4) is 12.3 Å². The summed E-state index contributed by atoms with van der Waals surface area (Å²) in [5, 5.41) is 3.27. The molecule has 0 bridgehead atoms. The maximum Gasteiger partial charge on any atom is 0.103 e. The molecule has 2 heteroatoms. The minimum atomic E-state index is -0.182. The fourth-order valence-corrected chi connectivity index (χ4v) is 1.08. The Bertz CT molecular complexity index is 142. The molecular weight excluding hydrogens is 126 g/mol. The van der Waals surface area contributed by atoms with Crippen molar-refractivity contribution in [3.05, 3.63) is 0 Å². The Morgan fingerprint density at radius 3 is 2.90 bits per heavy atom. The average molecular weight is 139 g/mol. The molecule has 2 nitrogen and oxygen atoms in total. The quantitative estimate of drug-likeness (QED) is 0.530. The van der Waals surface area contributed by atoms with Crippen molar-refractivity contribution in [1.29, 1.82) is 0 Å². The Morgan fingerprint density at radius 1 is 1.80 bits per heavy atom. The summed E-state index contributed by atoms with van der Waals surface area (Å²) in [6.07, 6.45) is 6.29. The molecule has 0 aliphatic carbocycles. The van der Waals surface area contributed by atoms with Crippen molar-refractivity contribution in [2.75, 3.05) is 19.8 Å². The van der Waals surface area contributed by atoms with Crippen LogP contribution in [0.15, 0.2) is 0 Å². The van der Waals surface area contributed by atoms with Gasteiger partial charge in [0.05, 0.1) is 13.2 Å². The lowest BCUT2D eigenvalue weighted by atomic mass is 9.98. The largest absolute Gasteiger partial charge is 0.377 e. The van der Waals surface area contributed by atoms with E-state index in [-0.39, 0.29) is 5.54 Å². The van der Waals surface area contributed by atoms with E-state index in [1.807, 2.05) is 0 Å². The summed E-state index contributed by atoms with van der Waals surface area (Å²) in [5.41, 5.74) is -0.182. The molecule has 0 spiro atoms. The van der Waals surface area contributed by atoms with Gasteiger partial charge in [0.25, 0.3) is 0 Å². The molecule has 1 rings (SSSR count). The zero-order valence-corrected chi connectivity index (χ0v) is 6.31. The standard InChI is InChI=1S/C8H13NO/c1-3-8(4-2)7-10-6-5-9-8/h1,9H,4-7H2,2H3. The molecule has 0 amide bonds. The Kier molecular flexibility index (Phi) is 2.31. The van der Waals surface area contributed by atoms with E-state index < -0.39 is 0 Å². The molecule has 1 aliphatic rings. The number of nitrogens with one attached hydrogen (secondary N) is 1. The zero-order valence-electron chi connectivity index (χ0n) is 6.31. The van der Waals surface area contributed by atoms with Gasteiger partial charge in [0, 0.05) is 6.54 Å². The van der Waals surface area contributed by atoms with E-state index in [0.717, 1.165) is 19.6 Å². The van der Waals surface area contributed by atoms with Crippen LogP contribution < -0.4 is 5.32 Å². The first kappa shape index (κ1) is 7.59. The average Bonchev–Trinajstić information content (AvgIpc) is 2.06. The highest BCUT2D eigenvalue weighted by Gasteiger charge is 2.27. The summed E-state index contributed by atoms with van der Waals surface area (Å²) in [4.78, 5) is 0. The number of hydrogen-bond donors (Lipinski definition) is 1. The Morgan fingerprint density at radius 2 is 2.60 bits per heavy atom. The van der Waals surface area contributed by atoms with Crippen LogP contribution in [-0.2, 0) is 4.74 Å². The molecule has 56 valence electrons. The molecule has 1 unspecified atom stereocenters. The van der Waals surface area contributed by atoms with Crippen LogP contribution in [0.1, 0.15) is 13.3 Å². The number of terminal acetylenes is 1. The summed E-state index contributed by atoms with van der Waals surface area (Å²) in [7, 11) is 0. The minimum Gasteiger partial charge on any atom is -0.377 e. The summed E-state index contributed by atoms with van der Waals surface area (Å²) >= 11 is 0. The molecule has 10 heavy (non-hydrogen) atoms. The summed E-state index contributed by atoms with van der Waals surface area (Å²) in [6.45, 7) is 4.38. The molecule has 0 radical (unpaired) electrons. The SMILES string of the molecule is C#CC1(CC)COCCN1. The smallest absolute Gasteiger partial charge is 0.103 e. The molecule has 0 aromatic rings. The van der Waals surface area contributed by atoms with Crippen LogP contribution in [0, 0.1) is 12.3 Å². The van der Waals surface area contributed by atoms with Crippen molar-refractivity contribution in [2.24, 2.45) is 0 Å². The third-order valence-electron chi connectivity index (χ3n) is 1.94. The van der Waals surface area contributed by atoms with Crippen molar-refractivity contribution >= 4 is 0 Å². The number of ether oxygens (including phenoxy) is 1. The van der Waals surface area contributed by atoms with Gasteiger partial charge in [-0.2, -0.15) is 0 Å². The van der Waals surface area contributed by atoms with Crippen LogP contribution in [0.3, 0.4) is 0 Å². The summed E-state index contributed by atoms with van der Waals surface area (Å²) in [5.74, 6) is 2.73. The van der Waals surface area contributed by atoms with Crippen LogP contribution in [0.2, 0.25) is 0 Å². The number of rotatable bonds is 1. The Balaban J connectivity index is 2.55. The maximum absolute atomic E-state index is 5.36. The van der Waals surface area contributed by atoms with Crippen molar-refractivity contribution < 1.29 is 4.74 Å². The van der Waals surface area contributed by atoms with E-state index >= 15 is 0 Å². The molecule has 1 saturated heterocycles. The van der Waals surface area contributed by atoms with Gasteiger partial charge in [0.1, 0.15) is 5.54 Å². The molecule has 1 fully saturated rings. The van der Waals surface area contributed by atoms with Gasteiger partial charge in [-0.1, -0.05) is 12.8 Å². The molecular formula is C8H13NO. The Hall–Kier alpha value is -0.520. The van der Waals surface area contributed by atoms with Gasteiger partial charge < -0.3 is 4.74 Å². The van der Waals surface area contributed by atoms with E-state index in [4.69, 9.17) is 11.2 Å². The van der Waals surface area contributed by atoms with Gasteiger partial charge in [0.2, 0.25) is 0 Å². The predicted octanol–water partition coefficient (Wildman–Crippen LogP) is 0.388. The number of hydrogen-bond acceptors (Lipinski definition) is 2. The zero-order chi connectivity index (χ0) is 7.45. The van der Waals surface area contributed by atoms with Crippen molar-refractivity contribution in [3.63, 3.8) is 0 Å². The maximum atomic E-state index is 5.36. The first-order valence-electron chi connectivity index (χ1n) is 3.63. The monoisotopic (exact) mass is 139 g/mol. The van der Waals surface area contributed by atoms with Gasteiger partial charge in [0.15, 0.2) is 0 Å². The van der Waals surface area contributed by atoms with E-state index in [1.54, 1.807) is 0 Å². The van der Waals surface area contributed by atoms with Gasteiger partial charge in [-0.3, -0.25) is 5.32 Å². The van der Waals surface area contributed by atoms with Crippen LogP contribution in [0.4, 0.5) is 0 Å². The normalized spacial score (nSPS) is 33.2. The van der Waals surface area contributed by atoms with Crippen molar-refractivity contribution in [1.82, 2.24) is 5.32 Å². The second-order valence-electron chi connectivity index (χ2n) is 2.56. The molecule has 0 aromatic carbocycles. The first-order valence-corrected chi connectivity index (χ1v) is 3.63. The minimum absolute atomic E-state index is 0.182. The highest BCUT2D eigenvalue weighted by atomic mass is 16.5. The Labute approximate surface area is 62.0 Å². The summed E-state index contributed by atoms with van der Waals surface area (Å²) < 4.78 is 5.26. The molecule has 1 heterocycles. The van der Waals surface area contributed by atoms with Crippen LogP contribution in [0.5, 0.6) is 0 Å². The van der Waals surface area contributed by atoms with E-state index in [1.165, 1.54) is 0 Å².